The van der Waals surface area contributed by atoms with Gasteiger partial charge in [0.25, 0.3) is 5.91 Å². The fourth-order valence-corrected chi connectivity index (χ4v) is 2.66. The molecule has 0 saturated carbocycles. The van der Waals surface area contributed by atoms with E-state index in [1.807, 2.05) is 79.7 Å². The quantitative estimate of drug-likeness (QED) is 0.312. The van der Waals surface area contributed by atoms with Gasteiger partial charge in [-0.05, 0) is 24.6 Å². The van der Waals surface area contributed by atoms with Crippen molar-refractivity contribution in [1.82, 2.24) is 10.9 Å². The van der Waals surface area contributed by atoms with Gasteiger partial charge in [0.1, 0.15) is 0 Å². The summed E-state index contributed by atoms with van der Waals surface area (Å²) in [5.41, 5.74) is 9.44. The zero-order valence-corrected chi connectivity index (χ0v) is 16.2. The van der Waals surface area contributed by atoms with Gasteiger partial charge in [-0.1, -0.05) is 78.4 Å². The molecule has 0 aliphatic heterocycles. The molecule has 0 heterocycles. The van der Waals surface area contributed by atoms with E-state index in [4.69, 9.17) is 0 Å². The van der Waals surface area contributed by atoms with Gasteiger partial charge in [0, 0.05) is 17.3 Å². The molecule has 0 saturated heterocycles. The summed E-state index contributed by atoms with van der Waals surface area (Å²) in [6.45, 7) is 2.11. The van der Waals surface area contributed by atoms with Gasteiger partial charge in [-0.3, -0.25) is 20.4 Å². The van der Waals surface area contributed by atoms with E-state index in [-0.39, 0.29) is 18.2 Å². The molecule has 0 aliphatic carbocycles. The summed E-state index contributed by atoms with van der Waals surface area (Å²) in [7, 11) is 0. The summed E-state index contributed by atoms with van der Waals surface area (Å²) in [5.74, 6) is -0.399. The van der Waals surface area contributed by atoms with Crippen molar-refractivity contribution >= 4 is 23.1 Å². The molecule has 1 amide bonds. The van der Waals surface area contributed by atoms with E-state index in [2.05, 4.69) is 16.2 Å². The molecule has 0 aliphatic rings. The van der Waals surface area contributed by atoms with E-state index in [0.717, 1.165) is 16.8 Å². The van der Waals surface area contributed by atoms with Crippen molar-refractivity contribution in [1.29, 1.82) is 0 Å². The van der Waals surface area contributed by atoms with Crippen LogP contribution in [0.2, 0.25) is 0 Å². The Kier molecular flexibility index (Phi) is 6.79. The Morgan fingerprint density at radius 3 is 1.97 bits per heavy atom. The second-order valence-corrected chi connectivity index (χ2v) is 6.55. The molecule has 0 radical (unpaired) electrons. The fraction of sp³-hybridized carbons (Fsp3) is 0.0833. The number of carbonyl (C=O) groups is 2. The van der Waals surface area contributed by atoms with Gasteiger partial charge < -0.3 is 5.32 Å². The number of allylic oxidation sites excluding steroid dienone is 1. The lowest BCUT2D eigenvalue weighted by Gasteiger charge is -2.13. The predicted octanol–water partition coefficient (Wildman–Crippen LogP) is 3.95. The molecule has 0 spiro atoms. The first-order chi connectivity index (χ1) is 14.1. The summed E-state index contributed by atoms with van der Waals surface area (Å²) in [4.78, 5) is 24.8. The third-order valence-corrected chi connectivity index (χ3v) is 4.26. The zero-order valence-electron chi connectivity index (χ0n) is 16.2. The minimum atomic E-state index is -0.250. The Labute approximate surface area is 170 Å². The average molecular weight is 385 g/mol. The van der Waals surface area contributed by atoms with Crippen LogP contribution in [0, 0.1) is 6.92 Å². The van der Waals surface area contributed by atoms with Crippen LogP contribution in [0.5, 0.6) is 0 Å². The summed E-state index contributed by atoms with van der Waals surface area (Å²) in [6, 6.07) is 26.2. The van der Waals surface area contributed by atoms with Gasteiger partial charge in [0.2, 0.25) is 0 Å². The van der Waals surface area contributed by atoms with Crippen LogP contribution in [0.1, 0.15) is 21.5 Å². The third-order valence-electron chi connectivity index (χ3n) is 4.26. The molecule has 0 bridgehead atoms. The van der Waals surface area contributed by atoms with Crippen LogP contribution in [-0.2, 0) is 4.79 Å². The summed E-state index contributed by atoms with van der Waals surface area (Å²) in [5, 5.41) is 3.06. The highest BCUT2D eigenvalue weighted by atomic mass is 16.2. The molecule has 29 heavy (non-hydrogen) atoms. The van der Waals surface area contributed by atoms with Crippen LogP contribution in [0.25, 0.3) is 5.70 Å². The second-order valence-electron chi connectivity index (χ2n) is 6.55. The van der Waals surface area contributed by atoms with Crippen molar-refractivity contribution in [2.24, 2.45) is 0 Å². The molecule has 5 nitrogen and oxygen atoms in total. The van der Waals surface area contributed by atoms with Crippen LogP contribution >= 0.6 is 0 Å². The van der Waals surface area contributed by atoms with Crippen molar-refractivity contribution in [2.45, 2.75) is 6.92 Å². The fourth-order valence-electron chi connectivity index (χ4n) is 2.66. The van der Waals surface area contributed by atoms with Gasteiger partial charge >= 0.3 is 0 Å². The lowest BCUT2D eigenvalue weighted by molar-refractivity contribution is -0.120. The lowest BCUT2D eigenvalue weighted by Crippen LogP contribution is -2.39. The minimum absolute atomic E-state index is 0.102. The first kappa shape index (κ1) is 19.9. The number of aryl methyl sites for hydroxylation is 1. The zero-order chi connectivity index (χ0) is 20.5. The van der Waals surface area contributed by atoms with E-state index >= 15 is 0 Å². The van der Waals surface area contributed by atoms with Gasteiger partial charge in [0.15, 0.2) is 5.78 Å². The highest BCUT2D eigenvalue weighted by Crippen LogP contribution is 2.12. The number of hydrazine groups is 1. The summed E-state index contributed by atoms with van der Waals surface area (Å²) >= 11 is 0. The maximum absolute atomic E-state index is 12.6. The lowest BCUT2D eigenvalue weighted by atomic mass is 10.1. The van der Waals surface area contributed by atoms with Crippen LogP contribution < -0.4 is 16.2 Å². The van der Waals surface area contributed by atoms with Gasteiger partial charge in [0.05, 0.1) is 12.2 Å². The monoisotopic (exact) mass is 385 g/mol. The molecule has 3 aromatic carbocycles. The van der Waals surface area contributed by atoms with Crippen LogP contribution in [0.3, 0.4) is 0 Å². The number of rotatable bonds is 8. The highest BCUT2D eigenvalue weighted by Gasteiger charge is 2.08. The third kappa shape index (κ3) is 6.07. The standard InChI is InChI=1S/C24H23N3O2/c1-18-12-14-21(15-13-18)25-17-24(29)27-26-22(19-8-4-2-5-9-19)16-23(28)20-10-6-3-7-11-20/h2-16,25-26H,17H2,1H3,(H,27,29). The number of nitrogens with one attached hydrogen (secondary N) is 3. The first-order valence-electron chi connectivity index (χ1n) is 9.34. The Hall–Kier alpha value is -3.86. The molecule has 0 aromatic heterocycles. The molecular formula is C24H23N3O2. The smallest absolute Gasteiger partial charge is 0.257 e. The summed E-state index contributed by atoms with van der Waals surface area (Å²) in [6.07, 6.45) is 1.48. The number of amides is 1. The van der Waals surface area contributed by atoms with Crippen LogP contribution in [0.15, 0.2) is 91.0 Å². The van der Waals surface area contributed by atoms with Crippen LogP contribution in [0.4, 0.5) is 5.69 Å². The SMILES string of the molecule is Cc1ccc(NCC(=O)NNC(=CC(=O)c2ccccc2)c2ccccc2)cc1. The molecule has 0 atom stereocenters. The van der Waals surface area contributed by atoms with Crippen molar-refractivity contribution < 1.29 is 9.59 Å². The topological polar surface area (TPSA) is 70.2 Å². The maximum Gasteiger partial charge on any atom is 0.257 e. The van der Waals surface area contributed by atoms with Gasteiger partial charge in [-0.25, -0.2) is 0 Å². The van der Waals surface area contributed by atoms with Crippen molar-refractivity contribution in [2.75, 3.05) is 11.9 Å². The molecule has 0 fully saturated rings. The van der Waals surface area contributed by atoms with Crippen LogP contribution in [-0.4, -0.2) is 18.2 Å². The van der Waals surface area contributed by atoms with E-state index in [9.17, 15) is 9.59 Å². The molecule has 146 valence electrons. The minimum Gasteiger partial charge on any atom is -0.376 e. The van der Waals surface area contributed by atoms with Crippen molar-refractivity contribution in [3.63, 3.8) is 0 Å². The van der Waals surface area contributed by atoms with Gasteiger partial charge in [-0.15, -0.1) is 0 Å². The largest absolute Gasteiger partial charge is 0.376 e. The molecule has 5 heteroatoms. The Bertz CT molecular complexity index is 982. The predicted molar refractivity (Wildman–Crippen MR) is 116 cm³/mol. The molecule has 3 N–H and O–H groups in total. The molecule has 0 unspecified atom stereocenters. The summed E-state index contributed by atoms with van der Waals surface area (Å²) < 4.78 is 0. The first-order valence-corrected chi connectivity index (χ1v) is 9.34. The number of anilines is 1. The number of hydrogen-bond acceptors (Lipinski definition) is 4. The Morgan fingerprint density at radius 2 is 1.34 bits per heavy atom. The second kappa shape index (κ2) is 9.90. The highest BCUT2D eigenvalue weighted by molar-refractivity contribution is 6.08. The Balaban J connectivity index is 1.65. The number of benzene rings is 3. The van der Waals surface area contributed by atoms with E-state index in [1.54, 1.807) is 12.1 Å². The number of carbonyl (C=O) groups excluding carboxylic acids is 2. The van der Waals surface area contributed by atoms with E-state index in [0.29, 0.717) is 11.3 Å². The molecule has 3 aromatic rings. The number of ketones is 1. The van der Waals surface area contributed by atoms with E-state index < -0.39 is 0 Å². The normalized spacial score (nSPS) is 10.9. The average Bonchev–Trinajstić information content (AvgIpc) is 2.77. The Morgan fingerprint density at radius 1 is 0.759 bits per heavy atom. The molecular weight excluding hydrogens is 362 g/mol. The number of hydrogen-bond donors (Lipinski definition) is 3. The molecule has 3 rings (SSSR count). The van der Waals surface area contributed by atoms with Crippen molar-refractivity contribution in [3.8, 4) is 0 Å². The van der Waals surface area contributed by atoms with E-state index in [1.165, 1.54) is 6.08 Å². The van der Waals surface area contributed by atoms with Crippen molar-refractivity contribution in [3.05, 3.63) is 108 Å². The van der Waals surface area contributed by atoms with Gasteiger partial charge in [-0.2, -0.15) is 0 Å². The maximum atomic E-state index is 12.6.